The molecule has 0 bridgehead atoms. The molecule has 1 N–H and O–H groups in total. The molecule has 0 aliphatic carbocycles. The number of aromatic nitrogens is 1. The molecule has 0 saturated heterocycles. The Kier molecular flexibility index (Phi) is 2.42. The van der Waals surface area contributed by atoms with Crippen LogP contribution < -0.4 is 0 Å². The Morgan fingerprint density at radius 2 is 2.00 bits per heavy atom. The van der Waals surface area contributed by atoms with Crippen molar-refractivity contribution in [2.45, 2.75) is 13.8 Å². The predicted octanol–water partition coefficient (Wildman–Crippen LogP) is 2.86. The molecule has 2 aromatic rings. The van der Waals surface area contributed by atoms with Crippen LogP contribution in [0.1, 0.15) is 27.0 Å². The highest BCUT2D eigenvalue weighted by Crippen LogP contribution is 2.15. The third kappa shape index (κ3) is 1.84. The molecule has 0 spiro atoms. The van der Waals surface area contributed by atoms with Gasteiger partial charge in [0.05, 0.1) is 0 Å². The number of H-pyrrole nitrogens is 1. The van der Waals surface area contributed by atoms with E-state index in [2.05, 4.69) is 4.98 Å². The SMILES string of the molecule is Cc1ccc(C)c(C(=O)c2cc[nH]c2)c1. The smallest absolute Gasteiger partial charge is 0.194 e. The number of ketones is 1. The van der Waals surface area contributed by atoms with Gasteiger partial charge in [0, 0.05) is 23.5 Å². The van der Waals surface area contributed by atoms with E-state index in [1.807, 2.05) is 32.0 Å². The zero-order valence-electron chi connectivity index (χ0n) is 8.87. The van der Waals surface area contributed by atoms with Crippen molar-refractivity contribution in [1.82, 2.24) is 4.98 Å². The van der Waals surface area contributed by atoms with Crippen LogP contribution in [0.2, 0.25) is 0 Å². The first-order valence-electron chi connectivity index (χ1n) is 4.93. The van der Waals surface area contributed by atoms with E-state index in [-0.39, 0.29) is 5.78 Å². The van der Waals surface area contributed by atoms with Gasteiger partial charge in [0.2, 0.25) is 0 Å². The first-order chi connectivity index (χ1) is 7.18. The molecule has 0 unspecified atom stereocenters. The van der Waals surface area contributed by atoms with Crippen LogP contribution in [0.15, 0.2) is 36.7 Å². The maximum absolute atomic E-state index is 12.1. The summed E-state index contributed by atoms with van der Waals surface area (Å²) < 4.78 is 0. The molecule has 2 heteroatoms. The van der Waals surface area contributed by atoms with Gasteiger partial charge in [-0.3, -0.25) is 4.79 Å². The molecule has 0 atom stereocenters. The summed E-state index contributed by atoms with van der Waals surface area (Å²) in [6, 6.07) is 7.73. The number of benzene rings is 1. The summed E-state index contributed by atoms with van der Waals surface area (Å²) in [5.74, 6) is 0.0810. The normalized spacial score (nSPS) is 10.3. The Bertz CT molecular complexity index is 483. The molecule has 15 heavy (non-hydrogen) atoms. The minimum Gasteiger partial charge on any atom is -0.367 e. The van der Waals surface area contributed by atoms with Crippen LogP contribution in [-0.2, 0) is 0 Å². The summed E-state index contributed by atoms with van der Waals surface area (Å²) in [5.41, 5.74) is 3.63. The van der Waals surface area contributed by atoms with E-state index < -0.39 is 0 Å². The van der Waals surface area contributed by atoms with E-state index in [1.165, 1.54) is 0 Å². The van der Waals surface area contributed by atoms with E-state index in [0.717, 1.165) is 16.7 Å². The topological polar surface area (TPSA) is 32.9 Å². The fraction of sp³-hybridized carbons (Fsp3) is 0.154. The second-order valence-corrected chi connectivity index (χ2v) is 3.75. The summed E-state index contributed by atoms with van der Waals surface area (Å²) in [4.78, 5) is 15.0. The number of carbonyl (C=O) groups is 1. The predicted molar refractivity (Wildman–Crippen MR) is 60.1 cm³/mol. The monoisotopic (exact) mass is 199 g/mol. The molecule has 1 aromatic heterocycles. The number of aromatic amines is 1. The standard InChI is InChI=1S/C13H13NO/c1-9-3-4-10(2)12(7-9)13(15)11-5-6-14-8-11/h3-8,14H,1-2H3. The maximum atomic E-state index is 12.1. The molecule has 0 fully saturated rings. The molecule has 2 rings (SSSR count). The number of hydrogen-bond donors (Lipinski definition) is 1. The van der Waals surface area contributed by atoms with Crippen molar-refractivity contribution in [1.29, 1.82) is 0 Å². The number of nitrogens with one attached hydrogen (secondary N) is 1. The fourth-order valence-corrected chi connectivity index (χ4v) is 1.60. The lowest BCUT2D eigenvalue weighted by Crippen LogP contribution is -2.02. The molecular formula is C13H13NO. The summed E-state index contributed by atoms with van der Waals surface area (Å²) >= 11 is 0. The number of rotatable bonds is 2. The maximum Gasteiger partial charge on any atom is 0.194 e. The van der Waals surface area contributed by atoms with Crippen molar-refractivity contribution in [3.63, 3.8) is 0 Å². The quantitative estimate of drug-likeness (QED) is 0.741. The zero-order chi connectivity index (χ0) is 10.8. The second kappa shape index (κ2) is 3.73. The lowest BCUT2D eigenvalue weighted by molar-refractivity contribution is 0.103. The van der Waals surface area contributed by atoms with E-state index in [4.69, 9.17) is 0 Å². The Morgan fingerprint density at radius 3 is 2.67 bits per heavy atom. The first-order valence-corrected chi connectivity index (χ1v) is 4.93. The van der Waals surface area contributed by atoms with Crippen LogP contribution in [0.3, 0.4) is 0 Å². The average Bonchev–Trinajstić information content (AvgIpc) is 2.74. The summed E-state index contributed by atoms with van der Waals surface area (Å²) in [7, 11) is 0. The van der Waals surface area contributed by atoms with Crippen molar-refractivity contribution in [3.05, 3.63) is 58.9 Å². The number of hydrogen-bond acceptors (Lipinski definition) is 1. The molecule has 0 amide bonds. The van der Waals surface area contributed by atoms with Gasteiger partial charge < -0.3 is 4.98 Å². The molecule has 0 aliphatic heterocycles. The van der Waals surface area contributed by atoms with Gasteiger partial charge in [-0.2, -0.15) is 0 Å². The molecule has 0 saturated carbocycles. The van der Waals surface area contributed by atoms with Gasteiger partial charge in [-0.25, -0.2) is 0 Å². The first kappa shape index (κ1) is 9.71. The number of aryl methyl sites for hydroxylation is 2. The van der Waals surface area contributed by atoms with Gasteiger partial charge in [-0.1, -0.05) is 17.7 Å². The van der Waals surface area contributed by atoms with Gasteiger partial charge in [-0.15, -0.1) is 0 Å². The molecular weight excluding hydrogens is 186 g/mol. The highest BCUT2D eigenvalue weighted by Gasteiger charge is 2.11. The van der Waals surface area contributed by atoms with Crippen molar-refractivity contribution in [2.75, 3.05) is 0 Å². The molecule has 2 nitrogen and oxygen atoms in total. The third-order valence-corrected chi connectivity index (χ3v) is 2.50. The average molecular weight is 199 g/mol. The van der Waals surface area contributed by atoms with Crippen molar-refractivity contribution in [3.8, 4) is 0 Å². The van der Waals surface area contributed by atoms with Gasteiger partial charge in [0.25, 0.3) is 0 Å². The Hall–Kier alpha value is -1.83. The molecule has 1 aromatic carbocycles. The van der Waals surface area contributed by atoms with Gasteiger partial charge in [-0.05, 0) is 31.5 Å². The lowest BCUT2D eigenvalue weighted by atomic mass is 9.99. The van der Waals surface area contributed by atoms with Crippen molar-refractivity contribution in [2.24, 2.45) is 0 Å². The molecule has 1 heterocycles. The number of carbonyl (C=O) groups excluding carboxylic acids is 1. The van der Waals surface area contributed by atoms with Crippen molar-refractivity contribution < 1.29 is 4.79 Å². The van der Waals surface area contributed by atoms with Gasteiger partial charge >= 0.3 is 0 Å². The highest BCUT2D eigenvalue weighted by molar-refractivity contribution is 6.09. The molecule has 0 aliphatic rings. The summed E-state index contributed by atoms with van der Waals surface area (Å²) in [5, 5.41) is 0. The van der Waals surface area contributed by atoms with E-state index in [9.17, 15) is 4.79 Å². The Labute approximate surface area is 89.0 Å². The van der Waals surface area contributed by atoms with Crippen LogP contribution in [0.4, 0.5) is 0 Å². The minimum atomic E-state index is 0.0810. The minimum absolute atomic E-state index is 0.0810. The lowest BCUT2D eigenvalue weighted by Gasteiger charge is -2.04. The van der Waals surface area contributed by atoms with Crippen LogP contribution in [0, 0.1) is 13.8 Å². The van der Waals surface area contributed by atoms with Gasteiger partial charge in [0.1, 0.15) is 0 Å². The van der Waals surface area contributed by atoms with E-state index >= 15 is 0 Å². The summed E-state index contributed by atoms with van der Waals surface area (Å²) in [6.07, 6.45) is 3.49. The molecule has 76 valence electrons. The molecule has 0 radical (unpaired) electrons. The van der Waals surface area contributed by atoms with Crippen LogP contribution in [0.5, 0.6) is 0 Å². The largest absolute Gasteiger partial charge is 0.367 e. The Balaban J connectivity index is 2.46. The van der Waals surface area contributed by atoms with Crippen molar-refractivity contribution >= 4 is 5.78 Å². The van der Waals surface area contributed by atoms with E-state index in [0.29, 0.717) is 5.56 Å². The van der Waals surface area contributed by atoms with Crippen LogP contribution in [0.25, 0.3) is 0 Å². The van der Waals surface area contributed by atoms with E-state index in [1.54, 1.807) is 18.5 Å². The van der Waals surface area contributed by atoms with Gasteiger partial charge in [0.15, 0.2) is 5.78 Å². The van der Waals surface area contributed by atoms with Crippen LogP contribution >= 0.6 is 0 Å². The highest BCUT2D eigenvalue weighted by atomic mass is 16.1. The second-order valence-electron chi connectivity index (χ2n) is 3.75. The summed E-state index contributed by atoms with van der Waals surface area (Å²) in [6.45, 7) is 3.95. The Morgan fingerprint density at radius 1 is 1.20 bits per heavy atom. The fourth-order valence-electron chi connectivity index (χ4n) is 1.60. The third-order valence-electron chi connectivity index (χ3n) is 2.50. The van der Waals surface area contributed by atoms with Crippen LogP contribution in [-0.4, -0.2) is 10.8 Å². The zero-order valence-corrected chi connectivity index (χ0v) is 8.87.